The third-order valence-corrected chi connectivity index (χ3v) is 4.93. The molecule has 6 N–H and O–H groups in total. The largest absolute Gasteiger partial charge is 0.478 e. The molecule has 0 aliphatic carbocycles. The van der Waals surface area contributed by atoms with Crippen molar-refractivity contribution in [3.63, 3.8) is 0 Å². The second-order valence-corrected chi connectivity index (χ2v) is 6.75. The van der Waals surface area contributed by atoms with Gasteiger partial charge in [0.1, 0.15) is 0 Å². The van der Waals surface area contributed by atoms with Crippen LogP contribution in [-0.2, 0) is 9.36 Å². The summed E-state index contributed by atoms with van der Waals surface area (Å²) >= 11 is 0. The Kier molecular flexibility index (Phi) is 4.32. The molecular weight excluding hydrogens is 295 g/mol. The predicted molar refractivity (Wildman–Crippen MR) is 77.7 cm³/mol. The van der Waals surface area contributed by atoms with Gasteiger partial charge in [0.25, 0.3) is 0 Å². The number of hydrogen-bond donors (Lipinski definition) is 4. The van der Waals surface area contributed by atoms with Crippen LogP contribution in [0.25, 0.3) is 0 Å². The first kappa shape index (κ1) is 15.5. The summed E-state index contributed by atoms with van der Waals surface area (Å²) in [6.07, 6.45) is 1.11. The Morgan fingerprint density at radius 1 is 1.43 bits per heavy atom. The molecule has 0 spiro atoms. The van der Waals surface area contributed by atoms with Gasteiger partial charge in [-0.3, -0.25) is 14.0 Å². The van der Waals surface area contributed by atoms with Crippen LogP contribution in [0, 0.1) is 0 Å². The number of aromatic carboxylic acids is 1. The van der Waals surface area contributed by atoms with Gasteiger partial charge in [0.2, 0.25) is 5.91 Å². The lowest BCUT2D eigenvalue weighted by Gasteiger charge is -2.34. The fourth-order valence-electron chi connectivity index (χ4n) is 2.18. The average Bonchev–Trinajstić information content (AvgIpc) is 2.41. The smallest absolute Gasteiger partial charge is 0.337 e. The summed E-state index contributed by atoms with van der Waals surface area (Å²) in [5, 5.41) is 11.6. The van der Waals surface area contributed by atoms with Crippen LogP contribution in [-0.4, -0.2) is 34.2 Å². The van der Waals surface area contributed by atoms with E-state index in [1.54, 1.807) is 6.07 Å². The maximum Gasteiger partial charge on any atom is 0.337 e. The summed E-state index contributed by atoms with van der Waals surface area (Å²) in [6.45, 7) is 0.225. The van der Waals surface area contributed by atoms with Gasteiger partial charge in [0.15, 0.2) is 0 Å². The van der Waals surface area contributed by atoms with Gasteiger partial charge in [-0.15, -0.1) is 0 Å². The minimum absolute atomic E-state index is 0.0723. The molecule has 1 aliphatic heterocycles. The highest BCUT2D eigenvalue weighted by Gasteiger charge is 2.37. The Balaban J connectivity index is 2.27. The number of piperidine rings is 1. The molecule has 1 unspecified atom stereocenters. The predicted octanol–water partition coefficient (Wildman–Crippen LogP) is 0.813. The number of rotatable bonds is 4. The van der Waals surface area contributed by atoms with Crippen LogP contribution in [0.4, 0.5) is 5.69 Å². The highest BCUT2D eigenvalue weighted by molar-refractivity contribution is 7.61. The molecule has 1 aromatic carbocycles. The molecule has 0 radical (unpaired) electrons. The van der Waals surface area contributed by atoms with Crippen molar-refractivity contribution in [2.45, 2.75) is 18.9 Å². The third kappa shape index (κ3) is 3.24. The maximum absolute atomic E-state index is 12.6. The molecule has 0 saturated carbocycles. The number of carbonyl (C=O) groups is 2. The van der Waals surface area contributed by atoms with Crippen molar-refractivity contribution >= 4 is 25.2 Å². The molecule has 21 heavy (non-hydrogen) atoms. The summed E-state index contributed by atoms with van der Waals surface area (Å²) in [4.78, 5) is 23.1. The number of nitrogens with two attached hydrogens (primary N) is 2. The molecule has 114 valence electrons. The van der Waals surface area contributed by atoms with E-state index in [1.807, 2.05) is 0 Å². The van der Waals surface area contributed by atoms with Crippen LogP contribution in [0.5, 0.6) is 0 Å². The van der Waals surface area contributed by atoms with E-state index in [9.17, 15) is 14.2 Å². The molecule has 2 rings (SSSR count). The molecule has 1 saturated heterocycles. The van der Waals surface area contributed by atoms with Gasteiger partial charge >= 0.3 is 13.6 Å². The lowest BCUT2D eigenvalue weighted by atomic mass is 10.1. The lowest BCUT2D eigenvalue weighted by Crippen LogP contribution is -2.48. The Labute approximate surface area is 121 Å². The minimum Gasteiger partial charge on any atom is -0.478 e. The van der Waals surface area contributed by atoms with Crippen molar-refractivity contribution in [1.82, 2.24) is 4.67 Å². The van der Waals surface area contributed by atoms with Crippen molar-refractivity contribution < 1.29 is 19.3 Å². The second-order valence-electron chi connectivity index (χ2n) is 4.80. The molecular formula is C12H17N4O4P. The van der Waals surface area contributed by atoms with Crippen molar-refractivity contribution in [2.24, 2.45) is 11.2 Å². The molecule has 8 nitrogen and oxygen atoms in total. The molecule has 0 aromatic heterocycles. The van der Waals surface area contributed by atoms with E-state index < -0.39 is 25.5 Å². The van der Waals surface area contributed by atoms with E-state index in [0.717, 1.165) is 4.67 Å². The number of amides is 1. The van der Waals surface area contributed by atoms with Crippen LogP contribution >= 0.6 is 7.59 Å². The quantitative estimate of drug-likeness (QED) is 0.603. The zero-order valence-corrected chi connectivity index (χ0v) is 12.1. The van der Waals surface area contributed by atoms with E-state index in [2.05, 4.69) is 5.09 Å². The topological polar surface area (TPSA) is 139 Å². The Bertz CT molecular complexity index is 621. The van der Waals surface area contributed by atoms with E-state index in [0.29, 0.717) is 12.8 Å². The summed E-state index contributed by atoms with van der Waals surface area (Å²) < 4.78 is 13.6. The van der Waals surface area contributed by atoms with Crippen LogP contribution in [0.2, 0.25) is 0 Å². The Hall–Kier alpha value is -1.89. The maximum atomic E-state index is 12.6. The van der Waals surface area contributed by atoms with Crippen molar-refractivity contribution in [3.05, 3.63) is 29.8 Å². The van der Waals surface area contributed by atoms with Crippen LogP contribution in [0.15, 0.2) is 24.3 Å². The summed E-state index contributed by atoms with van der Waals surface area (Å²) in [5.41, 5.74) is 11.4. The van der Waals surface area contributed by atoms with E-state index in [-0.39, 0.29) is 17.8 Å². The SMILES string of the molecule is N[C@H]1CCCN(P(N)(=O)Nc2ccccc2C(=O)O)C1=O. The lowest BCUT2D eigenvalue weighted by molar-refractivity contribution is -0.129. The van der Waals surface area contributed by atoms with Crippen molar-refractivity contribution in [3.8, 4) is 0 Å². The molecule has 2 atom stereocenters. The molecule has 9 heteroatoms. The number of anilines is 1. The number of carbonyl (C=O) groups excluding carboxylic acids is 1. The summed E-state index contributed by atoms with van der Waals surface area (Å²) in [5.74, 6) is -1.67. The number of benzene rings is 1. The molecule has 0 bridgehead atoms. The van der Waals surface area contributed by atoms with Gasteiger partial charge in [0.05, 0.1) is 17.3 Å². The molecule has 1 aromatic rings. The molecule has 1 fully saturated rings. The van der Waals surface area contributed by atoms with Gasteiger partial charge in [0, 0.05) is 6.54 Å². The normalized spacial score (nSPS) is 21.7. The average molecular weight is 312 g/mol. The van der Waals surface area contributed by atoms with E-state index in [1.165, 1.54) is 18.2 Å². The fraction of sp³-hybridized carbons (Fsp3) is 0.333. The molecule has 1 amide bonds. The highest BCUT2D eigenvalue weighted by atomic mass is 31.2. The Morgan fingerprint density at radius 3 is 2.76 bits per heavy atom. The van der Waals surface area contributed by atoms with Crippen LogP contribution < -0.4 is 16.3 Å². The molecule has 1 aliphatic rings. The summed E-state index contributed by atoms with van der Waals surface area (Å²) in [6, 6.07) is 5.19. The molecule has 1 heterocycles. The number of para-hydroxylation sites is 1. The van der Waals surface area contributed by atoms with Crippen LogP contribution in [0.1, 0.15) is 23.2 Å². The Morgan fingerprint density at radius 2 is 2.10 bits per heavy atom. The first-order chi connectivity index (χ1) is 9.83. The highest BCUT2D eigenvalue weighted by Crippen LogP contribution is 2.44. The summed E-state index contributed by atoms with van der Waals surface area (Å²) in [7, 11) is -3.76. The van der Waals surface area contributed by atoms with Gasteiger partial charge in [-0.25, -0.2) is 10.3 Å². The van der Waals surface area contributed by atoms with E-state index in [4.69, 9.17) is 16.3 Å². The van der Waals surface area contributed by atoms with Gasteiger partial charge in [-0.2, -0.15) is 0 Å². The first-order valence-electron chi connectivity index (χ1n) is 6.39. The zero-order valence-electron chi connectivity index (χ0n) is 11.2. The fourth-order valence-corrected chi connectivity index (χ4v) is 3.72. The first-order valence-corrected chi connectivity index (χ1v) is 8.12. The number of nitrogens with zero attached hydrogens (tertiary/aromatic N) is 1. The number of carboxylic acid groups (broad SMARTS) is 1. The minimum atomic E-state index is -3.76. The number of nitrogens with one attached hydrogen (secondary N) is 1. The second kappa shape index (κ2) is 5.85. The third-order valence-electron chi connectivity index (χ3n) is 3.25. The standard InChI is InChI=1S/C12H17N4O4P/c13-9-5-3-7-16(11(9)17)21(14,20)15-10-6-2-1-4-8(10)12(18)19/h1-2,4,6,9H,3,5,7,13H2,(H,18,19)(H3,14,15,20)/t9-,21?/m0/s1. The van der Waals surface area contributed by atoms with E-state index >= 15 is 0 Å². The van der Waals surface area contributed by atoms with Crippen LogP contribution in [0.3, 0.4) is 0 Å². The van der Waals surface area contributed by atoms with Gasteiger partial charge < -0.3 is 15.9 Å². The van der Waals surface area contributed by atoms with Crippen molar-refractivity contribution in [2.75, 3.05) is 11.6 Å². The van der Waals surface area contributed by atoms with Gasteiger partial charge in [-0.1, -0.05) is 12.1 Å². The van der Waals surface area contributed by atoms with Gasteiger partial charge in [-0.05, 0) is 25.0 Å². The number of carboxylic acids is 1. The zero-order chi connectivity index (χ0) is 15.6. The number of hydrogen-bond acceptors (Lipinski definition) is 4. The van der Waals surface area contributed by atoms with Crippen molar-refractivity contribution in [1.29, 1.82) is 0 Å². The monoisotopic (exact) mass is 312 g/mol.